The van der Waals surface area contributed by atoms with E-state index in [2.05, 4.69) is 9.88 Å². The number of unbranched alkanes of at least 4 members (excludes halogenated alkanes) is 2. The third-order valence-corrected chi connectivity index (χ3v) is 5.84. The molecule has 3 rings (SSSR count). The van der Waals surface area contributed by atoms with Gasteiger partial charge in [0, 0.05) is 48.9 Å². The standard InChI is InChI=1S/C23H30F3N3O3/c1-32-14-13-29-19-8-4-3-7-17(19)18-15-16(9-10-20(18)29)21(30)27-11-5-2-6-12-28-22(31)23(24,25)26/h9-10,15H,2-8,11-14H2,1H3,(H,27,30)(H,28,31). The van der Waals surface area contributed by atoms with E-state index in [1.165, 1.54) is 17.7 Å². The van der Waals surface area contributed by atoms with Crippen LogP contribution < -0.4 is 10.6 Å². The van der Waals surface area contributed by atoms with Gasteiger partial charge in [0.25, 0.3) is 5.91 Å². The average Bonchev–Trinajstić information content (AvgIpc) is 3.09. The molecule has 2 aromatic rings. The number of rotatable bonds is 10. The summed E-state index contributed by atoms with van der Waals surface area (Å²) in [5.41, 5.74) is 4.41. The molecule has 2 amide bonds. The van der Waals surface area contributed by atoms with Crippen molar-refractivity contribution in [3.63, 3.8) is 0 Å². The van der Waals surface area contributed by atoms with Gasteiger partial charge in [-0.05, 0) is 68.7 Å². The summed E-state index contributed by atoms with van der Waals surface area (Å²) in [7, 11) is 1.69. The zero-order valence-corrected chi connectivity index (χ0v) is 18.3. The molecular formula is C23H30F3N3O3. The smallest absolute Gasteiger partial charge is 0.383 e. The monoisotopic (exact) mass is 453 g/mol. The third kappa shape index (κ3) is 5.82. The maximum Gasteiger partial charge on any atom is 0.471 e. The Kier molecular flexibility index (Phi) is 8.17. The van der Waals surface area contributed by atoms with Crippen molar-refractivity contribution < 1.29 is 27.5 Å². The molecule has 1 aliphatic carbocycles. The number of methoxy groups -OCH3 is 1. The zero-order chi connectivity index (χ0) is 23.1. The number of nitrogens with zero attached hydrogens (tertiary/aromatic N) is 1. The zero-order valence-electron chi connectivity index (χ0n) is 18.3. The summed E-state index contributed by atoms with van der Waals surface area (Å²) in [6, 6.07) is 5.80. The van der Waals surface area contributed by atoms with Gasteiger partial charge in [0.2, 0.25) is 0 Å². The molecule has 0 unspecified atom stereocenters. The van der Waals surface area contributed by atoms with Gasteiger partial charge in [-0.25, -0.2) is 0 Å². The van der Waals surface area contributed by atoms with Crippen LogP contribution in [0.4, 0.5) is 13.2 Å². The summed E-state index contributed by atoms with van der Waals surface area (Å²) in [5.74, 6) is -2.08. The molecule has 0 saturated carbocycles. The van der Waals surface area contributed by atoms with Gasteiger partial charge in [-0.15, -0.1) is 0 Å². The van der Waals surface area contributed by atoms with Gasteiger partial charge in [0.1, 0.15) is 0 Å². The first kappa shape index (κ1) is 24.1. The second-order valence-corrected chi connectivity index (χ2v) is 8.08. The quantitative estimate of drug-likeness (QED) is 0.539. The highest BCUT2D eigenvalue weighted by Crippen LogP contribution is 2.33. The lowest BCUT2D eigenvalue weighted by Crippen LogP contribution is -2.37. The Morgan fingerprint density at radius 3 is 2.50 bits per heavy atom. The largest absolute Gasteiger partial charge is 0.471 e. The minimum Gasteiger partial charge on any atom is -0.383 e. The van der Waals surface area contributed by atoms with E-state index in [1.807, 2.05) is 23.5 Å². The summed E-state index contributed by atoms with van der Waals surface area (Å²) in [6.07, 6.45) is 1.18. The van der Waals surface area contributed by atoms with Gasteiger partial charge < -0.3 is 19.9 Å². The van der Waals surface area contributed by atoms with Crippen LogP contribution >= 0.6 is 0 Å². The molecule has 1 heterocycles. The summed E-state index contributed by atoms with van der Waals surface area (Å²) in [6.45, 7) is 1.82. The lowest BCUT2D eigenvalue weighted by Gasteiger charge is -2.15. The third-order valence-electron chi connectivity index (χ3n) is 5.84. The Labute approximate surface area is 185 Å². The number of aryl methyl sites for hydroxylation is 1. The molecule has 0 saturated heterocycles. The average molecular weight is 454 g/mol. The number of hydrogen-bond donors (Lipinski definition) is 2. The van der Waals surface area contributed by atoms with E-state index >= 15 is 0 Å². The molecule has 0 aliphatic heterocycles. The highest BCUT2D eigenvalue weighted by atomic mass is 19.4. The topological polar surface area (TPSA) is 72.4 Å². The van der Waals surface area contributed by atoms with E-state index in [9.17, 15) is 22.8 Å². The predicted molar refractivity (Wildman–Crippen MR) is 116 cm³/mol. The van der Waals surface area contributed by atoms with Crippen molar-refractivity contribution in [2.75, 3.05) is 26.8 Å². The van der Waals surface area contributed by atoms with Gasteiger partial charge in [-0.1, -0.05) is 0 Å². The molecule has 1 aromatic carbocycles. The maximum atomic E-state index is 12.6. The van der Waals surface area contributed by atoms with Crippen molar-refractivity contribution in [3.8, 4) is 0 Å². The summed E-state index contributed by atoms with van der Waals surface area (Å²) in [5, 5.41) is 5.85. The number of benzene rings is 1. The predicted octanol–water partition coefficient (Wildman–Crippen LogP) is 3.75. The lowest BCUT2D eigenvalue weighted by molar-refractivity contribution is -0.173. The van der Waals surface area contributed by atoms with Crippen molar-refractivity contribution in [3.05, 3.63) is 35.0 Å². The maximum absolute atomic E-state index is 12.6. The molecule has 176 valence electrons. The van der Waals surface area contributed by atoms with Gasteiger partial charge >= 0.3 is 12.1 Å². The van der Waals surface area contributed by atoms with Gasteiger partial charge in [-0.2, -0.15) is 13.2 Å². The van der Waals surface area contributed by atoms with Gasteiger partial charge in [0.15, 0.2) is 0 Å². The fraction of sp³-hybridized carbons (Fsp3) is 0.565. The fourth-order valence-corrected chi connectivity index (χ4v) is 4.25. The second-order valence-electron chi connectivity index (χ2n) is 8.08. The highest BCUT2D eigenvalue weighted by Gasteiger charge is 2.38. The Hall–Kier alpha value is -2.55. The number of aromatic nitrogens is 1. The van der Waals surface area contributed by atoms with Crippen molar-refractivity contribution in [1.29, 1.82) is 0 Å². The van der Waals surface area contributed by atoms with E-state index in [1.54, 1.807) is 7.11 Å². The van der Waals surface area contributed by atoms with Crippen LogP contribution in [0, 0.1) is 0 Å². The SMILES string of the molecule is COCCn1c2c(c3cc(C(=O)NCCCCCNC(=O)C(F)(F)F)ccc31)CCCC2. The number of fused-ring (bicyclic) bond motifs is 3. The molecule has 1 aromatic heterocycles. The number of halogens is 3. The molecule has 0 atom stereocenters. The Morgan fingerprint density at radius 2 is 1.78 bits per heavy atom. The van der Waals surface area contributed by atoms with E-state index < -0.39 is 12.1 Å². The van der Waals surface area contributed by atoms with E-state index in [0.717, 1.165) is 36.7 Å². The van der Waals surface area contributed by atoms with Crippen LogP contribution in [-0.4, -0.2) is 49.4 Å². The highest BCUT2D eigenvalue weighted by molar-refractivity contribution is 5.99. The van der Waals surface area contributed by atoms with Crippen LogP contribution in [-0.2, 0) is 28.9 Å². The minimum atomic E-state index is -4.85. The summed E-state index contributed by atoms with van der Waals surface area (Å²) in [4.78, 5) is 23.3. The lowest BCUT2D eigenvalue weighted by atomic mass is 9.95. The van der Waals surface area contributed by atoms with E-state index in [4.69, 9.17) is 4.74 Å². The number of hydrogen-bond acceptors (Lipinski definition) is 3. The molecular weight excluding hydrogens is 423 g/mol. The molecule has 9 heteroatoms. The second kappa shape index (κ2) is 10.8. The first-order chi connectivity index (χ1) is 15.3. The summed E-state index contributed by atoms with van der Waals surface area (Å²) >= 11 is 0. The molecule has 2 N–H and O–H groups in total. The molecule has 6 nitrogen and oxygen atoms in total. The van der Waals surface area contributed by atoms with Crippen LogP contribution in [0.1, 0.15) is 53.7 Å². The molecule has 0 fully saturated rings. The number of carbonyl (C=O) groups is 2. The van der Waals surface area contributed by atoms with Crippen molar-refractivity contribution in [2.24, 2.45) is 0 Å². The van der Waals surface area contributed by atoms with Crippen molar-refractivity contribution in [2.45, 2.75) is 57.7 Å². The Morgan fingerprint density at radius 1 is 1.06 bits per heavy atom. The van der Waals surface area contributed by atoms with Crippen LogP contribution in [0.5, 0.6) is 0 Å². The van der Waals surface area contributed by atoms with Crippen molar-refractivity contribution >= 4 is 22.7 Å². The number of nitrogens with one attached hydrogen (secondary N) is 2. The number of alkyl halides is 3. The number of ether oxygens (including phenoxy) is 1. The first-order valence-corrected chi connectivity index (χ1v) is 11.1. The van der Waals surface area contributed by atoms with Crippen LogP contribution in [0.15, 0.2) is 18.2 Å². The fourth-order valence-electron chi connectivity index (χ4n) is 4.25. The number of amides is 2. The van der Waals surface area contributed by atoms with Crippen LogP contribution in [0.2, 0.25) is 0 Å². The first-order valence-electron chi connectivity index (χ1n) is 11.1. The van der Waals surface area contributed by atoms with Gasteiger partial charge in [-0.3, -0.25) is 9.59 Å². The molecule has 32 heavy (non-hydrogen) atoms. The molecule has 0 spiro atoms. The van der Waals surface area contributed by atoms with Crippen LogP contribution in [0.25, 0.3) is 10.9 Å². The van der Waals surface area contributed by atoms with Crippen molar-refractivity contribution in [1.82, 2.24) is 15.2 Å². The van der Waals surface area contributed by atoms with Crippen LogP contribution in [0.3, 0.4) is 0 Å². The van der Waals surface area contributed by atoms with E-state index in [0.29, 0.717) is 38.0 Å². The molecule has 0 radical (unpaired) electrons. The summed E-state index contributed by atoms with van der Waals surface area (Å²) < 4.78 is 43.9. The van der Waals surface area contributed by atoms with Gasteiger partial charge in [0.05, 0.1) is 6.61 Å². The number of carbonyl (C=O) groups excluding carboxylic acids is 2. The normalized spacial score (nSPS) is 13.8. The van der Waals surface area contributed by atoms with E-state index in [-0.39, 0.29) is 12.5 Å². The minimum absolute atomic E-state index is 0.0336. The molecule has 1 aliphatic rings. The molecule has 0 bridgehead atoms. The Bertz CT molecular complexity index is 953. The Balaban J connectivity index is 1.53.